The van der Waals surface area contributed by atoms with E-state index in [9.17, 15) is 8.42 Å². The Balaban J connectivity index is 3.77. The number of rotatable bonds is 13. The fraction of sp³-hybridized carbons (Fsp3) is 1.00. The third-order valence-electron chi connectivity index (χ3n) is 3.41. The Labute approximate surface area is 148 Å². The van der Waals surface area contributed by atoms with Crippen LogP contribution in [0.1, 0.15) is 40.5 Å². The van der Waals surface area contributed by atoms with Crippen molar-refractivity contribution in [2.75, 3.05) is 46.2 Å². The first-order valence-electron chi connectivity index (χ1n) is 8.06. The van der Waals surface area contributed by atoms with Crippen LogP contribution in [0.5, 0.6) is 0 Å². The minimum absolute atomic E-state index is 0.107. The highest BCUT2D eigenvalue weighted by Crippen LogP contribution is 2.09. The Morgan fingerprint density at radius 1 is 1.04 bits per heavy atom. The van der Waals surface area contributed by atoms with E-state index in [1.54, 1.807) is 14.1 Å². The second kappa shape index (κ2) is 10.2. The maximum absolute atomic E-state index is 11.7. The maximum Gasteiger partial charge on any atom is 0.214 e. The Kier molecular flexibility index (Phi) is 10.3. The zero-order valence-corrected chi connectivity index (χ0v) is 17.2. The van der Waals surface area contributed by atoms with Crippen LogP contribution >= 0.6 is 12.6 Å². The van der Waals surface area contributed by atoms with Gasteiger partial charge in [-0.25, -0.2) is 12.7 Å². The molecule has 0 amide bonds. The van der Waals surface area contributed by atoms with Crippen LogP contribution in [-0.4, -0.2) is 69.3 Å². The summed E-state index contributed by atoms with van der Waals surface area (Å²) in [6, 6.07) is 0. The Morgan fingerprint density at radius 3 is 2.17 bits per heavy atom. The molecular weight excluding hydrogens is 334 g/mol. The fourth-order valence-corrected chi connectivity index (χ4v) is 2.62. The van der Waals surface area contributed by atoms with E-state index in [4.69, 9.17) is 4.74 Å². The first-order valence-corrected chi connectivity index (χ1v) is 10.1. The van der Waals surface area contributed by atoms with Gasteiger partial charge in [0.25, 0.3) is 0 Å². The first kappa shape index (κ1) is 23.1. The monoisotopic (exact) mass is 369 g/mol. The second-order valence-electron chi connectivity index (χ2n) is 7.11. The lowest BCUT2D eigenvalue weighted by atomic mass is 10.0. The molecule has 2 N–H and O–H groups in total. The van der Waals surface area contributed by atoms with Crippen molar-refractivity contribution in [1.29, 1.82) is 0 Å². The number of nitrogens with one attached hydrogen (secondary N) is 2. The minimum atomic E-state index is -3.14. The predicted molar refractivity (Wildman–Crippen MR) is 101 cm³/mol. The van der Waals surface area contributed by atoms with E-state index in [0.29, 0.717) is 19.8 Å². The largest absolute Gasteiger partial charge is 0.381 e. The number of hydrogen-bond acceptors (Lipinski definition) is 6. The van der Waals surface area contributed by atoms with E-state index >= 15 is 0 Å². The number of hydrogen-bond donors (Lipinski definition) is 3. The van der Waals surface area contributed by atoms with E-state index in [1.807, 2.05) is 13.8 Å². The normalized spacial score (nSPS) is 13.7. The highest BCUT2D eigenvalue weighted by molar-refractivity contribution is 7.89. The summed E-state index contributed by atoms with van der Waals surface area (Å²) in [7, 11) is -0.0346. The highest BCUT2D eigenvalue weighted by Gasteiger charge is 2.19. The number of nitrogens with zero attached hydrogens (tertiary/aromatic N) is 1. The van der Waals surface area contributed by atoms with Crippen LogP contribution in [0, 0.1) is 0 Å². The van der Waals surface area contributed by atoms with Gasteiger partial charge in [-0.15, -0.1) is 0 Å². The van der Waals surface area contributed by atoms with E-state index in [-0.39, 0.29) is 16.2 Å². The quantitative estimate of drug-likeness (QED) is 0.259. The van der Waals surface area contributed by atoms with Crippen LogP contribution in [0.4, 0.5) is 0 Å². The molecule has 0 aromatic rings. The van der Waals surface area contributed by atoms with Gasteiger partial charge < -0.3 is 15.4 Å². The Bertz CT molecular complexity index is 418. The highest BCUT2D eigenvalue weighted by atomic mass is 32.2. The summed E-state index contributed by atoms with van der Waals surface area (Å²) in [5, 5.41) is 6.57. The molecule has 0 saturated carbocycles. The molecule has 0 rings (SSSR count). The van der Waals surface area contributed by atoms with Crippen LogP contribution in [0.15, 0.2) is 0 Å². The topological polar surface area (TPSA) is 70.7 Å². The van der Waals surface area contributed by atoms with Crippen molar-refractivity contribution < 1.29 is 13.2 Å². The van der Waals surface area contributed by atoms with E-state index < -0.39 is 10.0 Å². The van der Waals surface area contributed by atoms with Gasteiger partial charge in [0.15, 0.2) is 0 Å². The van der Waals surface area contributed by atoms with Crippen molar-refractivity contribution in [3.63, 3.8) is 0 Å². The van der Waals surface area contributed by atoms with E-state index in [1.165, 1.54) is 4.31 Å². The molecule has 0 bridgehead atoms. The van der Waals surface area contributed by atoms with Gasteiger partial charge in [0, 0.05) is 39.4 Å². The Hall–Kier alpha value is 0.140. The van der Waals surface area contributed by atoms with E-state index in [2.05, 4.69) is 37.1 Å². The summed E-state index contributed by atoms with van der Waals surface area (Å²) >= 11 is 4.40. The van der Waals surface area contributed by atoms with Crippen molar-refractivity contribution >= 4 is 22.7 Å². The summed E-state index contributed by atoms with van der Waals surface area (Å²) in [5.41, 5.74) is -0.146. The van der Waals surface area contributed by atoms with Gasteiger partial charge in [-0.1, -0.05) is 0 Å². The molecule has 0 aliphatic heterocycles. The van der Waals surface area contributed by atoms with Crippen LogP contribution in [0.3, 0.4) is 0 Å². The zero-order chi connectivity index (χ0) is 18.1. The van der Waals surface area contributed by atoms with Crippen molar-refractivity contribution in [2.45, 2.75) is 50.9 Å². The van der Waals surface area contributed by atoms with Gasteiger partial charge in [-0.05, 0) is 47.1 Å². The van der Waals surface area contributed by atoms with Gasteiger partial charge in [0.1, 0.15) is 0 Å². The van der Waals surface area contributed by atoms with Gasteiger partial charge >= 0.3 is 0 Å². The molecule has 0 aromatic heterocycles. The third-order valence-corrected chi connectivity index (χ3v) is 5.41. The molecule has 0 radical (unpaired) electrons. The molecule has 0 fully saturated rings. The molecule has 0 saturated heterocycles. The SMILES string of the molecule is CN(C)S(=O)(=O)CCNC(C)(C)CCOCCCNC(C)(C)S. The lowest BCUT2D eigenvalue weighted by Crippen LogP contribution is -2.43. The molecule has 0 spiro atoms. The fourth-order valence-electron chi connectivity index (χ4n) is 1.79. The van der Waals surface area contributed by atoms with E-state index in [0.717, 1.165) is 19.4 Å². The van der Waals surface area contributed by atoms with Crippen molar-refractivity contribution in [3.8, 4) is 0 Å². The van der Waals surface area contributed by atoms with Crippen LogP contribution < -0.4 is 10.6 Å². The summed E-state index contributed by atoms with van der Waals surface area (Å²) < 4.78 is 30.3. The second-order valence-corrected chi connectivity index (χ2v) is 10.5. The predicted octanol–water partition coefficient (Wildman–Crippen LogP) is 1.30. The minimum Gasteiger partial charge on any atom is -0.381 e. The van der Waals surface area contributed by atoms with Crippen LogP contribution in [0.2, 0.25) is 0 Å². The average Bonchev–Trinajstić information content (AvgIpc) is 2.35. The van der Waals surface area contributed by atoms with Crippen molar-refractivity contribution in [3.05, 3.63) is 0 Å². The van der Waals surface area contributed by atoms with Crippen LogP contribution in [-0.2, 0) is 14.8 Å². The smallest absolute Gasteiger partial charge is 0.214 e. The molecule has 0 atom stereocenters. The summed E-state index contributed by atoms with van der Waals surface area (Å²) in [6.45, 7) is 10.8. The molecular formula is C15H35N3O3S2. The van der Waals surface area contributed by atoms with Crippen molar-refractivity contribution in [2.24, 2.45) is 0 Å². The molecule has 8 heteroatoms. The first-order chi connectivity index (χ1) is 10.4. The molecule has 6 nitrogen and oxygen atoms in total. The lowest BCUT2D eigenvalue weighted by Gasteiger charge is -2.26. The zero-order valence-electron chi connectivity index (χ0n) is 15.5. The van der Waals surface area contributed by atoms with Gasteiger partial charge in [-0.2, -0.15) is 12.6 Å². The summed E-state index contributed by atoms with van der Waals surface area (Å²) in [4.78, 5) is -0.154. The standard InChI is InChI=1S/C15H35N3O3S2/c1-14(2,16-10-13-23(19,20)18(5)6)8-12-21-11-7-9-17-15(3,4)22/h16-17,22H,7-13H2,1-6H3. The van der Waals surface area contributed by atoms with Gasteiger partial charge in [0.2, 0.25) is 10.0 Å². The summed E-state index contributed by atoms with van der Waals surface area (Å²) in [6.07, 6.45) is 1.78. The van der Waals surface area contributed by atoms with Gasteiger partial charge in [-0.3, -0.25) is 0 Å². The summed E-state index contributed by atoms with van der Waals surface area (Å²) in [5.74, 6) is 0.107. The molecule has 140 valence electrons. The Morgan fingerprint density at radius 2 is 1.65 bits per heavy atom. The lowest BCUT2D eigenvalue weighted by molar-refractivity contribution is 0.111. The molecule has 0 aliphatic rings. The molecule has 23 heavy (non-hydrogen) atoms. The number of sulfonamides is 1. The average molecular weight is 370 g/mol. The molecule has 0 aliphatic carbocycles. The molecule has 0 heterocycles. The third kappa shape index (κ3) is 13.1. The van der Waals surface area contributed by atoms with Gasteiger partial charge in [0.05, 0.1) is 10.6 Å². The molecule has 0 unspecified atom stereocenters. The van der Waals surface area contributed by atoms with Crippen LogP contribution in [0.25, 0.3) is 0 Å². The van der Waals surface area contributed by atoms with Crippen molar-refractivity contribution in [1.82, 2.24) is 14.9 Å². The molecule has 0 aromatic carbocycles. The number of thiol groups is 1. The number of ether oxygens (including phenoxy) is 1. The maximum atomic E-state index is 11.7.